The van der Waals surface area contributed by atoms with Crippen molar-refractivity contribution in [1.29, 1.82) is 0 Å². The molecule has 8 heteroatoms. The molecule has 0 rings (SSSR count). The van der Waals surface area contributed by atoms with Crippen LogP contribution < -0.4 is 0 Å². The van der Waals surface area contributed by atoms with Crippen LogP contribution in [0.1, 0.15) is 0 Å². The molecule has 0 heterocycles. The van der Waals surface area contributed by atoms with E-state index in [1.54, 1.807) is 0 Å². The Hall–Kier alpha value is -0.583. The second kappa shape index (κ2) is 7.09. The van der Waals surface area contributed by atoms with E-state index in [9.17, 15) is 9.59 Å². The van der Waals surface area contributed by atoms with Gasteiger partial charge in [-0.3, -0.25) is 0 Å². The van der Waals surface area contributed by atoms with Gasteiger partial charge in [-0.2, -0.15) is 0 Å². The van der Waals surface area contributed by atoms with E-state index in [0.717, 1.165) is 0 Å². The molecule has 0 aromatic rings. The van der Waals surface area contributed by atoms with Crippen molar-refractivity contribution >= 4 is 30.8 Å². The molecule has 0 saturated carbocycles. The Bertz CT molecular complexity index is 139. The minimum atomic E-state index is -2.27. The van der Waals surface area contributed by atoms with Gasteiger partial charge in [-0.15, -0.1) is 0 Å². The number of carboxylic acids is 2. The van der Waals surface area contributed by atoms with Crippen molar-refractivity contribution in [3.05, 3.63) is 0 Å². The van der Waals surface area contributed by atoms with E-state index in [1.807, 2.05) is 0 Å². The van der Waals surface area contributed by atoms with Gasteiger partial charge in [0.15, 0.2) is 12.2 Å². The van der Waals surface area contributed by atoms with Crippen LogP contribution in [-0.2, 0) is 9.59 Å². The third-order valence-corrected chi connectivity index (χ3v) is 0.805. The average Bonchev–Trinajstić information content (AvgIpc) is 1.84. The number of aliphatic carboxylic acids is 2. The zero-order valence-electron chi connectivity index (χ0n) is 5.26. The van der Waals surface area contributed by atoms with E-state index in [2.05, 4.69) is 0 Å². The molecule has 68 valence electrons. The third kappa shape index (κ3) is 5.12. The topological polar surface area (TPSA) is 147 Å². The molecule has 2 unspecified atom stereocenters. The van der Waals surface area contributed by atoms with E-state index in [0.29, 0.717) is 0 Å². The SMILES string of the molecule is O.O=C(O)C(O)C(O)C(=O)O.[LiH]. The average molecular weight is 176 g/mol. The van der Waals surface area contributed by atoms with Gasteiger partial charge in [0.05, 0.1) is 0 Å². The van der Waals surface area contributed by atoms with E-state index < -0.39 is 24.1 Å². The summed E-state index contributed by atoms with van der Waals surface area (Å²) in [6.07, 6.45) is -4.53. The Kier molecular flexibility index (Phi) is 10.3. The van der Waals surface area contributed by atoms with E-state index >= 15 is 0 Å². The van der Waals surface area contributed by atoms with Crippen molar-refractivity contribution in [2.75, 3.05) is 0 Å². The van der Waals surface area contributed by atoms with Crippen LogP contribution in [-0.4, -0.2) is 68.9 Å². The van der Waals surface area contributed by atoms with Crippen LogP contribution in [0.4, 0.5) is 0 Å². The van der Waals surface area contributed by atoms with Crippen molar-refractivity contribution in [1.82, 2.24) is 0 Å². The maximum atomic E-state index is 9.77. The fraction of sp³-hybridized carbons (Fsp3) is 0.500. The third-order valence-electron chi connectivity index (χ3n) is 0.805. The second-order valence-corrected chi connectivity index (χ2v) is 1.57. The Labute approximate surface area is 79.1 Å². The molecule has 0 saturated heterocycles. The van der Waals surface area contributed by atoms with Gasteiger partial charge < -0.3 is 25.9 Å². The molecule has 7 nitrogen and oxygen atoms in total. The number of aliphatic hydroxyl groups is 2. The van der Waals surface area contributed by atoms with Gasteiger partial charge in [0.2, 0.25) is 0 Å². The minimum absolute atomic E-state index is 0. The summed E-state index contributed by atoms with van der Waals surface area (Å²) < 4.78 is 0. The van der Waals surface area contributed by atoms with Gasteiger partial charge >= 0.3 is 30.8 Å². The van der Waals surface area contributed by atoms with Gasteiger partial charge in [-0.25, -0.2) is 9.59 Å². The van der Waals surface area contributed by atoms with Crippen LogP contribution >= 0.6 is 0 Å². The van der Waals surface area contributed by atoms with Crippen LogP contribution in [0.15, 0.2) is 0 Å². The molecule has 0 bridgehead atoms. The Morgan fingerprint density at radius 2 is 1.08 bits per heavy atom. The molecule has 0 aromatic carbocycles. The summed E-state index contributed by atoms with van der Waals surface area (Å²) in [5.41, 5.74) is 0. The monoisotopic (exact) mass is 176 g/mol. The molecule has 6 N–H and O–H groups in total. The van der Waals surface area contributed by atoms with Gasteiger partial charge in [0.25, 0.3) is 0 Å². The number of hydrogen-bond donors (Lipinski definition) is 4. The van der Waals surface area contributed by atoms with Crippen LogP contribution in [0.3, 0.4) is 0 Å². The predicted octanol–water partition coefficient (Wildman–Crippen LogP) is -3.60. The molecule has 0 aliphatic rings. The number of hydrogen-bond acceptors (Lipinski definition) is 4. The fourth-order valence-corrected chi connectivity index (χ4v) is 0.270. The van der Waals surface area contributed by atoms with Crippen molar-refractivity contribution in [3.63, 3.8) is 0 Å². The second-order valence-electron chi connectivity index (χ2n) is 1.57. The number of carbonyl (C=O) groups is 2. The summed E-state index contributed by atoms with van der Waals surface area (Å²) in [4.78, 5) is 19.5. The molecule has 0 aliphatic carbocycles. The molecule has 0 aliphatic heterocycles. The van der Waals surface area contributed by atoms with Crippen LogP contribution in [0.5, 0.6) is 0 Å². The Morgan fingerprint density at radius 1 is 0.917 bits per heavy atom. The molecule has 2 atom stereocenters. The van der Waals surface area contributed by atoms with Crippen molar-refractivity contribution in [3.8, 4) is 0 Å². The van der Waals surface area contributed by atoms with E-state index in [4.69, 9.17) is 20.4 Å². The summed E-state index contributed by atoms with van der Waals surface area (Å²) in [5, 5.41) is 32.5. The molecular formula is C4H9LiO7. The van der Waals surface area contributed by atoms with E-state index in [1.165, 1.54) is 0 Å². The Balaban J connectivity index is -0.000000405. The van der Waals surface area contributed by atoms with Crippen LogP contribution in [0.25, 0.3) is 0 Å². The van der Waals surface area contributed by atoms with Gasteiger partial charge in [-0.05, 0) is 0 Å². The van der Waals surface area contributed by atoms with E-state index in [-0.39, 0.29) is 24.3 Å². The molecule has 0 spiro atoms. The van der Waals surface area contributed by atoms with Crippen LogP contribution in [0.2, 0.25) is 0 Å². The first-order chi connectivity index (χ1) is 4.46. The van der Waals surface area contributed by atoms with Crippen molar-refractivity contribution in [2.45, 2.75) is 12.2 Å². The zero-order valence-corrected chi connectivity index (χ0v) is 5.26. The summed E-state index contributed by atoms with van der Waals surface area (Å²) in [7, 11) is 0. The first-order valence-corrected chi connectivity index (χ1v) is 2.28. The quantitative estimate of drug-likeness (QED) is 0.326. The standard InChI is InChI=1S/C4H6O6.Li.H2O.H/c5-1(3(7)8)2(6)4(9)10;;;/h1-2,5-6H,(H,7,8)(H,9,10);;1H2;. The van der Waals surface area contributed by atoms with Crippen LogP contribution in [0, 0.1) is 0 Å². The maximum absolute atomic E-state index is 9.77. The number of rotatable bonds is 3. The molecule has 0 aromatic heterocycles. The molecule has 0 radical (unpaired) electrons. The summed E-state index contributed by atoms with van der Waals surface area (Å²) in [6, 6.07) is 0. The number of aliphatic hydroxyl groups excluding tert-OH is 2. The van der Waals surface area contributed by atoms with Gasteiger partial charge in [-0.1, -0.05) is 0 Å². The molecule has 0 amide bonds. The molecule has 12 heavy (non-hydrogen) atoms. The summed E-state index contributed by atoms with van der Waals surface area (Å²) in [5.74, 6) is -3.54. The fourth-order valence-electron chi connectivity index (χ4n) is 0.270. The van der Waals surface area contributed by atoms with Crippen molar-refractivity contribution < 1.29 is 35.5 Å². The summed E-state index contributed by atoms with van der Waals surface area (Å²) in [6.45, 7) is 0. The summed E-state index contributed by atoms with van der Waals surface area (Å²) >= 11 is 0. The van der Waals surface area contributed by atoms with Crippen molar-refractivity contribution in [2.24, 2.45) is 0 Å². The normalized spacial score (nSPS) is 13.2. The Morgan fingerprint density at radius 3 is 1.17 bits per heavy atom. The zero-order chi connectivity index (χ0) is 8.31. The van der Waals surface area contributed by atoms with Gasteiger partial charge in [0, 0.05) is 0 Å². The predicted molar refractivity (Wildman–Crippen MR) is 38.0 cm³/mol. The molecule has 0 fully saturated rings. The molecular weight excluding hydrogens is 167 g/mol. The number of carboxylic acid groups (broad SMARTS) is 2. The first-order valence-electron chi connectivity index (χ1n) is 2.28. The first kappa shape index (κ1) is 17.5. The van der Waals surface area contributed by atoms with Gasteiger partial charge in [0.1, 0.15) is 0 Å².